The monoisotopic (exact) mass is 408 g/mol. The van der Waals surface area contributed by atoms with Gasteiger partial charge in [-0.3, -0.25) is 0 Å². The first-order chi connectivity index (χ1) is 14.7. The van der Waals surface area contributed by atoms with Crippen molar-refractivity contribution in [2.24, 2.45) is 17.8 Å². The van der Waals surface area contributed by atoms with Crippen LogP contribution in [0.1, 0.15) is 82.4 Å². The van der Waals surface area contributed by atoms with E-state index in [-0.39, 0.29) is 5.60 Å². The molecule has 5 aliphatic carbocycles. The third-order valence-electron chi connectivity index (χ3n) is 8.61. The topological polar surface area (TPSA) is 47.3 Å². The Bertz CT molecular complexity index is 862. The smallest absolute Gasteiger partial charge is 0.113 e. The van der Waals surface area contributed by atoms with Gasteiger partial charge in [-0.05, 0) is 81.3 Å². The molecular formula is C26H36N2O2. The van der Waals surface area contributed by atoms with Crippen LogP contribution in [0.5, 0.6) is 0 Å². The summed E-state index contributed by atoms with van der Waals surface area (Å²) in [6.45, 7) is 1.06. The molecule has 7 rings (SSSR count). The summed E-state index contributed by atoms with van der Waals surface area (Å²) < 4.78 is 8.87. The number of fused-ring (bicyclic) bond motifs is 1. The summed E-state index contributed by atoms with van der Waals surface area (Å²) in [5, 5.41) is 11.0. The number of para-hydroxylation sites is 2. The largest absolute Gasteiger partial charge is 0.389 e. The fourth-order valence-corrected chi connectivity index (χ4v) is 7.70. The zero-order valence-corrected chi connectivity index (χ0v) is 18.1. The quantitative estimate of drug-likeness (QED) is 0.693. The number of hydrogen-bond donors (Lipinski definition) is 1. The van der Waals surface area contributed by atoms with Gasteiger partial charge in [-0.2, -0.15) is 0 Å². The van der Waals surface area contributed by atoms with Crippen LogP contribution in [0.2, 0.25) is 0 Å². The highest BCUT2D eigenvalue weighted by molar-refractivity contribution is 5.76. The fraction of sp³-hybridized carbons (Fsp3) is 0.731. The van der Waals surface area contributed by atoms with Crippen LogP contribution >= 0.6 is 0 Å². The van der Waals surface area contributed by atoms with Crippen LogP contribution in [0.4, 0.5) is 0 Å². The molecule has 4 heteroatoms. The Kier molecular flexibility index (Phi) is 4.91. The fourth-order valence-electron chi connectivity index (χ4n) is 7.70. The van der Waals surface area contributed by atoms with Crippen LogP contribution in [0.15, 0.2) is 24.3 Å². The molecular weight excluding hydrogens is 372 g/mol. The minimum atomic E-state index is -0.474. The van der Waals surface area contributed by atoms with Crippen molar-refractivity contribution >= 4 is 11.0 Å². The van der Waals surface area contributed by atoms with Crippen molar-refractivity contribution in [3.05, 3.63) is 30.1 Å². The molecule has 1 unspecified atom stereocenters. The van der Waals surface area contributed by atoms with Gasteiger partial charge in [0.15, 0.2) is 0 Å². The van der Waals surface area contributed by atoms with E-state index in [4.69, 9.17) is 9.72 Å². The lowest BCUT2D eigenvalue weighted by Crippen LogP contribution is -2.52. The van der Waals surface area contributed by atoms with Gasteiger partial charge < -0.3 is 14.4 Å². The van der Waals surface area contributed by atoms with Gasteiger partial charge in [0.2, 0.25) is 0 Å². The molecule has 1 heterocycles. The number of hydrogen-bond acceptors (Lipinski definition) is 3. The van der Waals surface area contributed by atoms with E-state index in [9.17, 15) is 5.11 Å². The van der Waals surface area contributed by atoms with Crippen molar-refractivity contribution in [2.75, 3.05) is 6.61 Å². The second-order valence-corrected chi connectivity index (χ2v) is 11.0. The molecule has 1 atom stereocenters. The number of aromatic nitrogens is 2. The maximum absolute atomic E-state index is 11.0. The maximum Gasteiger partial charge on any atom is 0.113 e. The molecule has 4 bridgehead atoms. The number of rotatable bonds is 6. The van der Waals surface area contributed by atoms with Crippen molar-refractivity contribution in [3.63, 3.8) is 0 Å². The predicted molar refractivity (Wildman–Crippen MR) is 118 cm³/mol. The van der Waals surface area contributed by atoms with E-state index in [2.05, 4.69) is 28.8 Å². The van der Waals surface area contributed by atoms with E-state index in [1.807, 2.05) is 0 Å². The van der Waals surface area contributed by atoms with E-state index < -0.39 is 6.10 Å². The first-order valence-electron chi connectivity index (χ1n) is 12.4. The molecule has 0 spiro atoms. The standard InChI is InChI=1S/C26H36N2O2/c29-22(17-30-26-13-18-10-19(14-26)12-20(11-18)15-26)16-28-24-9-5-4-8-23(24)27-25(28)21-6-2-1-3-7-21/h4-5,8-9,18-22,29H,1-3,6-7,10-17H2. The summed E-state index contributed by atoms with van der Waals surface area (Å²) in [6, 6.07) is 8.41. The average molecular weight is 409 g/mol. The third-order valence-corrected chi connectivity index (χ3v) is 8.61. The first-order valence-corrected chi connectivity index (χ1v) is 12.4. The maximum atomic E-state index is 11.0. The minimum Gasteiger partial charge on any atom is -0.389 e. The summed E-state index contributed by atoms with van der Waals surface area (Å²) in [6.07, 6.45) is 13.9. The summed E-state index contributed by atoms with van der Waals surface area (Å²) in [4.78, 5) is 5.02. The Balaban J connectivity index is 1.19. The molecule has 1 aromatic heterocycles. The van der Waals surface area contributed by atoms with Gasteiger partial charge in [-0.1, -0.05) is 31.4 Å². The van der Waals surface area contributed by atoms with Gasteiger partial charge in [0.1, 0.15) is 5.82 Å². The normalized spacial score (nSPS) is 34.6. The van der Waals surface area contributed by atoms with Crippen molar-refractivity contribution < 1.29 is 9.84 Å². The van der Waals surface area contributed by atoms with Crippen molar-refractivity contribution in [3.8, 4) is 0 Å². The van der Waals surface area contributed by atoms with Gasteiger partial charge in [0.25, 0.3) is 0 Å². The molecule has 5 aliphatic rings. The molecule has 1 N–H and O–H groups in total. The zero-order valence-electron chi connectivity index (χ0n) is 18.1. The highest BCUT2D eigenvalue weighted by Gasteiger charge is 2.51. The number of imidazole rings is 1. The van der Waals surface area contributed by atoms with Crippen molar-refractivity contribution in [2.45, 2.75) is 94.8 Å². The highest BCUT2D eigenvalue weighted by Crippen LogP contribution is 2.57. The number of benzene rings is 1. The lowest BCUT2D eigenvalue weighted by atomic mass is 9.54. The number of aliphatic hydroxyl groups is 1. The molecule has 162 valence electrons. The highest BCUT2D eigenvalue weighted by atomic mass is 16.5. The van der Waals surface area contributed by atoms with E-state index >= 15 is 0 Å². The Morgan fingerprint density at radius 3 is 2.37 bits per heavy atom. The van der Waals surface area contributed by atoms with Gasteiger partial charge in [0.05, 0.1) is 35.9 Å². The summed E-state index contributed by atoms with van der Waals surface area (Å²) in [5.74, 6) is 4.35. The van der Waals surface area contributed by atoms with Crippen LogP contribution in [-0.4, -0.2) is 33.0 Å². The predicted octanol–water partition coefficient (Wildman–Crippen LogP) is 5.43. The van der Waals surface area contributed by atoms with E-state index in [0.29, 0.717) is 19.1 Å². The molecule has 0 amide bonds. The minimum absolute atomic E-state index is 0.0684. The zero-order chi connectivity index (χ0) is 20.1. The summed E-state index contributed by atoms with van der Waals surface area (Å²) in [7, 11) is 0. The molecule has 2 aromatic rings. The molecule has 5 fully saturated rings. The van der Waals surface area contributed by atoms with Crippen LogP contribution in [-0.2, 0) is 11.3 Å². The molecule has 0 saturated heterocycles. The van der Waals surface area contributed by atoms with E-state index in [1.54, 1.807) is 0 Å². The first kappa shape index (κ1) is 19.3. The van der Waals surface area contributed by atoms with Gasteiger partial charge in [0, 0.05) is 5.92 Å². The number of aliphatic hydroxyl groups excluding tert-OH is 1. The van der Waals surface area contributed by atoms with Gasteiger partial charge >= 0.3 is 0 Å². The summed E-state index contributed by atoms with van der Waals surface area (Å²) >= 11 is 0. The van der Waals surface area contributed by atoms with Crippen molar-refractivity contribution in [1.29, 1.82) is 0 Å². The lowest BCUT2D eigenvalue weighted by molar-refractivity contribution is -0.175. The van der Waals surface area contributed by atoms with E-state index in [0.717, 1.165) is 28.8 Å². The Labute approximate surface area is 180 Å². The van der Waals surface area contributed by atoms with Gasteiger partial charge in [-0.15, -0.1) is 0 Å². The Morgan fingerprint density at radius 2 is 1.67 bits per heavy atom. The van der Waals surface area contributed by atoms with E-state index in [1.165, 1.54) is 76.5 Å². The SMILES string of the molecule is OC(COC12CC3CC(CC(C3)C1)C2)Cn1c(C2CCCCC2)nc2ccccc21. The van der Waals surface area contributed by atoms with Crippen molar-refractivity contribution in [1.82, 2.24) is 9.55 Å². The molecule has 4 nitrogen and oxygen atoms in total. The van der Waals surface area contributed by atoms with Crippen LogP contribution in [0.3, 0.4) is 0 Å². The molecule has 0 aliphatic heterocycles. The molecule has 1 aromatic carbocycles. The molecule has 5 saturated carbocycles. The second-order valence-electron chi connectivity index (χ2n) is 11.0. The van der Waals surface area contributed by atoms with Crippen LogP contribution in [0.25, 0.3) is 11.0 Å². The Morgan fingerprint density at radius 1 is 1.00 bits per heavy atom. The second kappa shape index (κ2) is 7.63. The number of nitrogens with zero attached hydrogens (tertiary/aromatic N) is 2. The average Bonchev–Trinajstić information content (AvgIpc) is 3.11. The molecule has 30 heavy (non-hydrogen) atoms. The number of ether oxygens (including phenoxy) is 1. The van der Waals surface area contributed by atoms with Crippen LogP contribution in [0, 0.1) is 17.8 Å². The summed E-state index contributed by atoms with van der Waals surface area (Å²) in [5.41, 5.74) is 2.29. The Hall–Kier alpha value is -1.39. The van der Waals surface area contributed by atoms with Gasteiger partial charge in [-0.25, -0.2) is 4.98 Å². The molecule has 0 radical (unpaired) electrons. The lowest BCUT2D eigenvalue weighted by Gasteiger charge is -2.56. The van der Waals surface area contributed by atoms with Crippen LogP contribution < -0.4 is 0 Å². The third kappa shape index (κ3) is 3.50.